The Balaban J connectivity index is 1.56. The minimum atomic E-state index is -0.770. The number of nitro groups is 2. The molecule has 0 aliphatic heterocycles. The molecule has 0 amide bonds. The van der Waals surface area contributed by atoms with Crippen LogP contribution in [-0.2, 0) is 0 Å². The highest BCUT2D eigenvalue weighted by molar-refractivity contribution is 6.32. The molecule has 0 spiro atoms. The van der Waals surface area contributed by atoms with Crippen LogP contribution in [0.2, 0.25) is 5.02 Å². The van der Waals surface area contributed by atoms with Crippen LogP contribution in [0.25, 0.3) is 0 Å². The molecule has 0 radical (unpaired) electrons. The lowest BCUT2D eigenvalue weighted by molar-refractivity contribution is -0.394. The molecule has 11 heteroatoms. The summed E-state index contributed by atoms with van der Waals surface area (Å²) in [5.74, 6) is 1.43. The molecule has 0 aromatic heterocycles. The summed E-state index contributed by atoms with van der Waals surface area (Å²) in [6, 6.07) is 22.8. The summed E-state index contributed by atoms with van der Waals surface area (Å²) in [7, 11) is 0. The van der Waals surface area contributed by atoms with Crippen LogP contribution in [0, 0.1) is 20.2 Å². The number of nitro benzene ring substituents is 2. The summed E-state index contributed by atoms with van der Waals surface area (Å²) >= 11 is 6.45. The lowest BCUT2D eigenvalue weighted by Crippen LogP contribution is -2.00. The minimum absolute atomic E-state index is 0.0324. The molecule has 0 atom stereocenters. The summed E-state index contributed by atoms with van der Waals surface area (Å²) < 4.78 is 17.2. The van der Waals surface area contributed by atoms with Crippen molar-refractivity contribution < 1.29 is 24.1 Å². The number of rotatable bonds is 10. The number of nitrogens with zero attached hydrogens (tertiary/aromatic N) is 3. The molecule has 38 heavy (non-hydrogen) atoms. The predicted molar refractivity (Wildman–Crippen MR) is 143 cm³/mol. The highest BCUT2D eigenvalue weighted by atomic mass is 35.5. The molecule has 0 heterocycles. The van der Waals surface area contributed by atoms with E-state index in [0.29, 0.717) is 17.0 Å². The Hall–Kier alpha value is -4.96. The van der Waals surface area contributed by atoms with E-state index in [1.54, 1.807) is 49.5 Å². The molecule has 0 saturated carbocycles. The van der Waals surface area contributed by atoms with Gasteiger partial charge in [0.25, 0.3) is 5.69 Å². The van der Waals surface area contributed by atoms with Crippen LogP contribution >= 0.6 is 11.6 Å². The van der Waals surface area contributed by atoms with Crippen LogP contribution in [0.1, 0.15) is 12.5 Å². The number of benzene rings is 4. The Labute approximate surface area is 222 Å². The van der Waals surface area contributed by atoms with Gasteiger partial charge in [0, 0.05) is 12.3 Å². The average molecular weight is 534 g/mol. The topological polar surface area (TPSA) is 126 Å². The van der Waals surface area contributed by atoms with Gasteiger partial charge in [0.1, 0.15) is 11.5 Å². The summed E-state index contributed by atoms with van der Waals surface area (Å²) in [5, 5.41) is 22.6. The quantitative estimate of drug-likeness (QED) is 0.115. The average Bonchev–Trinajstić information content (AvgIpc) is 2.91. The molecule has 0 aliphatic carbocycles. The van der Waals surface area contributed by atoms with Crippen molar-refractivity contribution >= 4 is 34.9 Å². The molecule has 0 N–H and O–H groups in total. The molecule has 0 unspecified atom stereocenters. The number of ether oxygens (including phenoxy) is 3. The van der Waals surface area contributed by atoms with Crippen LogP contribution < -0.4 is 14.2 Å². The van der Waals surface area contributed by atoms with Crippen LogP contribution in [0.5, 0.6) is 28.7 Å². The van der Waals surface area contributed by atoms with E-state index in [1.165, 1.54) is 0 Å². The van der Waals surface area contributed by atoms with Gasteiger partial charge in [-0.2, -0.15) is 0 Å². The van der Waals surface area contributed by atoms with E-state index in [4.69, 9.17) is 25.8 Å². The first-order valence-electron chi connectivity index (χ1n) is 11.3. The zero-order valence-corrected chi connectivity index (χ0v) is 20.7. The second-order valence-corrected chi connectivity index (χ2v) is 8.11. The Bertz CT molecular complexity index is 1490. The third-order valence-electron chi connectivity index (χ3n) is 5.07. The van der Waals surface area contributed by atoms with Crippen molar-refractivity contribution in [2.45, 2.75) is 6.92 Å². The minimum Gasteiger partial charge on any atom is -0.490 e. The number of halogens is 1. The number of para-hydroxylation sites is 1. The van der Waals surface area contributed by atoms with E-state index in [1.807, 2.05) is 30.3 Å². The van der Waals surface area contributed by atoms with Gasteiger partial charge in [-0.05, 0) is 67.1 Å². The van der Waals surface area contributed by atoms with Gasteiger partial charge >= 0.3 is 5.69 Å². The lowest BCUT2D eigenvalue weighted by atomic mass is 10.2. The Morgan fingerprint density at radius 3 is 2.21 bits per heavy atom. The van der Waals surface area contributed by atoms with E-state index >= 15 is 0 Å². The summed E-state index contributed by atoms with van der Waals surface area (Å²) in [4.78, 5) is 25.5. The second kappa shape index (κ2) is 11.8. The summed E-state index contributed by atoms with van der Waals surface area (Å²) in [6.45, 7) is 2.02. The van der Waals surface area contributed by atoms with Crippen molar-refractivity contribution in [3.8, 4) is 28.7 Å². The molecule has 0 saturated heterocycles. The Morgan fingerprint density at radius 1 is 0.842 bits per heavy atom. The highest BCUT2D eigenvalue weighted by Crippen LogP contribution is 2.42. The normalized spacial score (nSPS) is 10.8. The van der Waals surface area contributed by atoms with Gasteiger partial charge < -0.3 is 14.2 Å². The van der Waals surface area contributed by atoms with Crippen molar-refractivity contribution in [1.82, 2.24) is 0 Å². The Morgan fingerprint density at radius 2 is 1.55 bits per heavy atom. The first-order valence-corrected chi connectivity index (χ1v) is 11.7. The zero-order chi connectivity index (χ0) is 27.1. The zero-order valence-electron chi connectivity index (χ0n) is 19.9. The molecule has 0 bridgehead atoms. The fraction of sp³-hybridized carbons (Fsp3) is 0.0741. The fourth-order valence-corrected chi connectivity index (χ4v) is 3.61. The second-order valence-electron chi connectivity index (χ2n) is 7.70. The van der Waals surface area contributed by atoms with E-state index in [-0.39, 0.29) is 28.9 Å². The standard InChI is InChI=1S/C27H20ClN3O7/c1-2-36-26-15-18(17-29-19-8-11-22(12-9-19)37-21-6-4-3-5-7-21)14-23(28)27(26)38-25-13-10-20(30(32)33)16-24(25)31(34)35/h3-17H,2H2,1H3. The van der Waals surface area contributed by atoms with Crippen LogP contribution in [0.3, 0.4) is 0 Å². The van der Waals surface area contributed by atoms with Crippen molar-refractivity contribution in [2.75, 3.05) is 6.61 Å². The maximum absolute atomic E-state index is 11.5. The van der Waals surface area contributed by atoms with Crippen molar-refractivity contribution in [3.63, 3.8) is 0 Å². The SMILES string of the molecule is CCOc1cc(C=Nc2ccc(Oc3ccccc3)cc2)cc(Cl)c1Oc1ccc([N+](=O)[O-])cc1[N+](=O)[O-]. The number of aliphatic imine (C=N–C) groups is 1. The van der Waals surface area contributed by atoms with Gasteiger partial charge in [-0.1, -0.05) is 29.8 Å². The molecular weight excluding hydrogens is 514 g/mol. The Kier molecular flexibility index (Phi) is 8.14. The van der Waals surface area contributed by atoms with Crippen molar-refractivity contribution in [2.24, 2.45) is 4.99 Å². The third kappa shape index (κ3) is 6.42. The number of hydrogen-bond donors (Lipinski definition) is 0. The largest absolute Gasteiger partial charge is 0.490 e. The van der Waals surface area contributed by atoms with Crippen molar-refractivity contribution in [3.05, 3.63) is 116 Å². The van der Waals surface area contributed by atoms with E-state index in [2.05, 4.69) is 4.99 Å². The smallest absolute Gasteiger partial charge is 0.318 e. The van der Waals surface area contributed by atoms with Gasteiger partial charge in [-0.25, -0.2) is 0 Å². The molecule has 4 aromatic carbocycles. The number of non-ortho nitro benzene ring substituents is 1. The molecular formula is C27H20ClN3O7. The molecule has 4 aromatic rings. The van der Waals surface area contributed by atoms with Crippen LogP contribution in [0.4, 0.5) is 17.1 Å². The van der Waals surface area contributed by atoms with Gasteiger partial charge in [0.15, 0.2) is 11.5 Å². The maximum atomic E-state index is 11.5. The molecule has 192 valence electrons. The summed E-state index contributed by atoms with van der Waals surface area (Å²) in [6.07, 6.45) is 1.58. The third-order valence-corrected chi connectivity index (χ3v) is 5.35. The molecule has 4 rings (SSSR count). The maximum Gasteiger partial charge on any atom is 0.318 e. The molecule has 0 aliphatic rings. The van der Waals surface area contributed by atoms with E-state index < -0.39 is 21.2 Å². The summed E-state index contributed by atoms with van der Waals surface area (Å²) in [5.41, 5.74) is 0.240. The lowest BCUT2D eigenvalue weighted by Gasteiger charge is -2.14. The highest BCUT2D eigenvalue weighted by Gasteiger charge is 2.23. The van der Waals surface area contributed by atoms with E-state index in [9.17, 15) is 20.2 Å². The van der Waals surface area contributed by atoms with Gasteiger partial charge in [-0.15, -0.1) is 0 Å². The fourth-order valence-electron chi connectivity index (χ4n) is 3.36. The van der Waals surface area contributed by atoms with Gasteiger partial charge in [-0.3, -0.25) is 25.2 Å². The van der Waals surface area contributed by atoms with E-state index in [0.717, 1.165) is 23.9 Å². The van der Waals surface area contributed by atoms with Gasteiger partial charge in [0.05, 0.1) is 33.2 Å². The predicted octanol–water partition coefficient (Wildman–Crippen LogP) is 7.89. The van der Waals surface area contributed by atoms with Gasteiger partial charge in [0.2, 0.25) is 5.75 Å². The van der Waals surface area contributed by atoms with Crippen LogP contribution in [-0.4, -0.2) is 22.7 Å². The monoisotopic (exact) mass is 533 g/mol. The first kappa shape index (κ1) is 26.1. The first-order chi connectivity index (χ1) is 18.3. The van der Waals surface area contributed by atoms with Crippen LogP contribution in [0.15, 0.2) is 89.9 Å². The number of hydrogen-bond acceptors (Lipinski definition) is 8. The molecule has 10 nitrogen and oxygen atoms in total. The molecule has 0 fully saturated rings. The van der Waals surface area contributed by atoms with Crippen molar-refractivity contribution in [1.29, 1.82) is 0 Å².